The Bertz CT molecular complexity index is 778. The molecule has 0 saturated carbocycles. The zero-order chi connectivity index (χ0) is 16.3. The Hall–Kier alpha value is -2.75. The Labute approximate surface area is 132 Å². The fourth-order valence-corrected chi connectivity index (χ4v) is 2.22. The minimum Gasteiger partial charge on any atom is -0.457 e. The van der Waals surface area contributed by atoms with Crippen molar-refractivity contribution < 1.29 is 17.9 Å². The first-order valence-electron chi connectivity index (χ1n) is 7.03. The van der Waals surface area contributed by atoms with Gasteiger partial charge >= 0.3 is 6.18 Å². The molecule has 0 amide bonds. The molecule has 0 saturated heterocycles. The molecule has 3 aromatic rings. The third kappa shape index (κ3) is 3.72. The van der Waals surface area contributed by atoms with Crippen LogP contribution in [0.2, 0.25) is 0 Å². The lowest BCUT2D eigenvalue weighted by Crippen LogP contribution is -2.04. The largest absolute Gasteiger partial charge is 0.457 e. The van der Waals surface area contributed by atoms with Crippen LogP contribution in [0.5, 0.6) is 11.5 Å². The van der Waals surface area contributed by atoms with Gasteiger partial charge in [0, 0.05) is 0 Å². The van der Waals surface area contributed by atoms with E-state index in [0.717, 1.165) is 12.1 Å². The number of alkyl halides is 3. The lowest BCUT2D eigenvalue weighted by molar-refractivity contribution is -0.137. The average Bonchev–Trinajstić information content (AvgIpc) is 2.56. The molecule has 0 aromatic heterocycles. The summed E-state index contributed by atoms with van der Waals surface area (Å²) in [5.74, 6) is 1.34. The van der Waals surface area contributed by atoms with Crippen molar-refractivity contribution in [3.05, 3.63) is 84.4 Å². The van der Waals surface area contributed by atoms with E-state index in [1.165, 1.54) is 6.07 Å². The minimum atomic E-state index is -4.34. The smallest absolute Gasteiger partial charge is 0.416 e. The Balaban J connectivity index is 1.82. The minimum absolute atomic E-state index is 0.520. The second kappa shape index (κ2) is 6.16. The maximum atomic E-state index is 12.8. The zero-order valence-electron chi connectivity index (χ0n) is 12.0. The van der Waals surface area contributed by atoms with Gasteiger partial charge in [0.2, 0.25) is 0 Å². The summed E-state index contributed by atoms with van der Waals surface area (Å²) in [6.45, 7) is 0. The number of halogens is 3. The van der Waals surface area contributed by atoms with Gasteiger partial charge in [-0.1, -0.05) is 42.5 Å². The van der Waals surface area contributed by atoms with Crippen molar-refractivity contribution in [2.45, 2.75) is 6.18 Å². The maximum Gasteiger partial charge on any atom is 0.416 e. The monoisotopic (exact) mass is 314 g/mol. The van der Waals surface area contributed by atoms with Gasteiger partial charge in [-0.2, -0.15) is 13.2 Å². The van der Waals surface area contributed by atoms with Crippen molar-refractivity contribution in [1.82, 2.24) is 0 Å². The first-order chi connectivity index (χ1) is 11.0. The SMILES string of the molecule is FC(F)(F)c1cccc(-c2ccc(Oc3ccccc3)cc2)c1. The van der Waals surface area contributed by atoms with Crippen molar-refractivity contribution in [2.75, 3.05) is 0 Å². The Kier molecular flexibility index (Phi) is 4.06. The van der Waals surface area contributed by atoms with Crippen LogP contribution in [0.3, 0.4) is 0 Å². The van der Waals surface area contributed by atoms with Gasteiger partial charge in [-0.05, 0) is 47.5 Å². The van der Waals surface area contributed by atoms with E-state index in [9.17, 15) is 13.2 Å². The number of hydrogen-bond donors (Lipinski definition) is 0. The van der Waals surface area contributed by atoms with Crippen molar-refractivity contribution >= 4 is 0 Å². The lowest BCUT2D eigenvalue weighted by Gasteiger charge is -2.10. The highest BCUT2D eigenvalue weighted by molar-refractivity contribution is 5.65. The zero-order valence-corrected chi connectivity index (χ0v) is 12.0. The highest BCUT2D eigenvalue weighted by atomic mass is 19.4. The molecular weight excluding hydrogens is 301 g/mol. The van der Waals surface area contributed by atoms with E-state index in [1.807, 2.05) is 30.3 Å². The number of ether oxygens (including phenoxy) is 1. The van der Waals surface area contributed by atoms with Crippen LogP contribution >= 0.6 is 0 Å². The molecule has 0 aliphatic rings. The average molecular weight is 314 g/mol. The molecule has 0 radical (unpaired) electrons. The number of para-hydroxylation sites is 1. The second-order valence-electron chi connectivity index (χ2n) is 5.02. The van der Waals surface area contributed by atoms with E-state index in [-0.39, 0.29) is 0 Å². The third-order valence-electron chi connectivity index (χ3n) is 3.36. The van der Waals surface area contributed by atoms with Crippen LogP contribution in [0, 0.1) is 0 Å². The Morgan fingerprint density at radius 2 is 1.26 bits per heavy atom. The summed E-state index contributed by atoms with van der Waals surface area (Å²) >= 11 is 0. The summed E-state index contributed by atoms with van der Waals surface area (Å²) in [6, 6.07) is 21.5. The molecular formula is C19H13F3O. The molecule has 23 heavy (non-hydrogen) atoms. The maximum absolute atomic E-state index is 12.8. The number of rotatable bonds is 3. The first kappa shape index (κ1) is 15.2. The summed E-state index contributed by atoms with van der Waals surface area (Å²) < 4.78 is 44.0. The van der Waals surface area contributed by atoms with E-state index < -0.39 is 11.7 Å². The van der Waals surface area contributed by atoms with Gasteiger partial charge in [0.05, 0.1) is 5.56 Å². The molecule has 0 fully saturated rings. The van der Waals surface area contributed by atoms with Crippen LogP contribution in [0.1, 0.15) is 5.56 Å². The molecule has 0 bridgehead atoms. The second-order valence-corrected chi connectivity index (χ2v) is 5.02. The van der Waals surface area contributed by atoms with Crippen LogP contribution in [0.25, 0.3) is 11.1 Å². The molecule has 0 unspecified atom stereocenters. The highest BCUT2D eigenvalue weighted by Crippen LogP contribution is 2.32. The summed E-state index contributed by atoms with van der Waals surface area (Å²) in [4.78, 5) is 0. The van der Waals surface area contributed by atoms with E-state index in [2.05, 4.69) is 0 Å². The number of hydrogen-bond acceptors (Lipinski definition) is 1. The van der Waals surface area contributed by atoms with Crippen LogP contribution < -0.4 is 4.74 Å². The summed E-state index contributed by atoms with van der Waals surface area (Å²) in [7, 11) is 0. The van der Waals surface area contributed by atoms with E-state index in [1.54, 1.807) is 30.3 Å². The van der Waals surface area contributed by atoms with Gasteiger partial charge < -0.3 is 4.74 Å². The lowest BCUT2D eigenvalue weighted by atomic mass is 10.0. The molecule has 0 heterocycles. The quantitative estimate of drug-likeness (QED) is 0.562. The molecule has 0 N–H and O–H groups in total. The van der Waals surface area contributed by atoms with E-state index in [4.69, 9.17) is 4.74 Å². The standard InChI is InChI=1S/C19H13F3O/c20-19(21,22)16-6-4-5-15(13-16)14-9-11-18(12-10-14)23-17-7-2-1-3-8-17/h1-13H. The Morgan fingerprint density at radius 1 is 0.609 bits per heavy atom. The molecule has 116 valence electrons. The molecule has 0 aliphatic carbocycles. The van der Waals surface area contributed by atoms with Crippen molar-refractivity contribution in [3.8, 4) is 22.6 Å². The molecule has 0 atom stereocenters. The molecule has 0 spiro atoms. The molecule has 4 heteroatoms. The van der Waals surface area contributed by atoms with Crippen molar-refractivity contribution in [3.63, 3.8) is 0 Å². The summed E-state index contributed by atoms with van der Waals surface area (Å²) in [5.41, 5.74) is 0.571. The fraction of sp³-hybridized carbons (Fsp3) is 0.0526. The predicted molar refractivity (Wildman–Crippen MR) is 83.4 cm³/mol. The van der Waals surface area contributed by atoms with Gasteiger partial charge in [0.25, 0.3) is 0 Å². The molecule has 0 aliphatic heterocycles. The van der Waals surface area contributed by atoms with Crippen LogP contribution in [0.15, 0.2) is 78.9 Å². The van der Waals surface area contributed by atoms with Crippen molar-refractivity contribution in [1.29, 1.82) is 0 Å². The van der Waals surface area contributed by atoms with Gasteiger partial charge in [-0.25, -0.2) is 0 Å². The van der Waals surface area contributed by atoms with E-state index >= 15 is 0 Å². The number of benzene rings is 3. The van der Waals surface area contributed by atoms with Crippen molar-refractivity contribution in [2.24, 2.45) is 0 Å². The molecule has 3 aromatic carbocycles. The molecule has 3 rings (SSSR count). The topological polar surface area (TPSA) is 9.23 Å². The Morgan fingerprint density at radius 3 is 1.91 bits per heavy atom. The van der Waals surface area contributed by atoms with Crippen LogP contribution in [-0.4, -0.2) is 0 Å². The molecule has 1 nitrogen and oxygen atoms in total. The van der Waals surface area contributed by atoms with Gasteiger partial charge in [0.15, 0.2) is 0 Å². The first-order valence-corrected chi connectivity index (χ1v) is 7.03. The van der Waals surface area contributed by atoms with Gasteiger partial charge in [-0.3, -0.25) is 0 Å². The highest BCUT2D eigenvalue weighted by Gasteiger charge is 2.30. The van der Waals surface area contributed by atoms with E-state index in [0.29, 0.717) is 22.6 Å². The summed E-state index contributed by atoms with van der Waals surface area (Å²) in [6.07, 6.45) is -4.34. The van der Waals surface area contributed by atoms with Gasteiger partial charge in [0.1, 0.15) is 11.5 Å². The normalized spacial score (nSPS) is 11.3. The predicted octanol–water partition coefficient (Wildman–Crippen LogP) is 6.16. The van der Waals surface area contributed by atoms with Gasteiger partial charge in [-0.15, -0.1) is 0 Å². The van der Waals surface area contributed by atoms with Crippen LogP contribution in [-0.2, 0) is 6.18 Å². The fourth-order valence-electron chi connectivity index (χ4n) is 2.22. The summed E-state index contributed by atoms with van der Waals surface area (Å²) in [5, 5.41) is 0. The third-order valence-corrected chi connectivity index (χ3v) is 3.36. The van der Waals surface area contributed by atoms with Crippen LogP contribution in [0.4, 0.5) is 13.2 Å².